The van der Waals surface area contributed by atoms with Crippen LogP contribution in [0.2, 0.25) is 5.02 Å². The highest BCUT2D eigenvalue weighted by Crippen LogP contribution is 2.32. The second-order valence-corrected chi connectivity index (χ2v) is 4.63. The number of nitrogen functional groups attached to an aromatic ring is 1. The van der Waals surface area contributed by atoms with Crippen LogP contribution < -0.4 is 10.6 Å². The molecule has 1 heterocycles. The fourth-order valence-electron chi connectivity index (χ4n) is 2.16. The average Bonchev–Trinajstić information content (AvgIpc) is 2.66. The molecule has 1 aliphatic heterocycles. The first-order valence-corrected chi connectivity index (χ1v) is 5.88. The van der Waals surface area contributed by atoms with Crippen molar-refractivity contribution in [3.8, 4) is 0 Å². The smallest absolute Gasteiger partial charge is 0.0660 e. The molecule has 1 unspecified atom stereocenters. The zero-order valence-electron chi connectivity index (χ0n) is 9.04. The van der Waals surface area contributed by atoms with Crippen LogP contribution in [0.4, 0.5) is 11.4 Å². The number of hydrogen-bond acceptors (Lipinski definition) is 2. The monoisotopic (exact) mass is 224 g/mol. The van der Waals surface area contributed by atoms with Gasteiger partial charge in [0.15, 0.2) is 0 Å². The van der Waals surface area contributed by atoms with Crippen molar-refractivity contribution in [2.24, 2.45) is 5.92 Å². The van der Waals surface area contributed by atoms with E-state index in [4.69, 9.17) is 17.3 Å². The molecule has 0 saturated carbocycles. The van der Waals surface area contributed by atoms with Crippen molar-refractivity contribution in [2.75, 3.05) is 23.7 Å². The van der Waals surface area contributed by atoms with E-state index in [1.165, 1.54) is 12.8 Å². The third-order valence-electron chi connectivity index (χ3n) is 3.18. The van der Waals surface area contributed by atoms with Crippen LogP contribution in [0.25, 0.3) is 0 Å². The van der Waals surface area contributed by atoms with Crippen molar-refractivity contribution in [2.45, 2.75) is 19.8 Å². The van der Waals surface area contributed by atoms with E-state index >= 15 is 0 Å². The van der Waals surface area contributed by atoms with Gasteiger partial charge < -0.3 is 10.6 Å². The third-order valence-corrected chi connectivity index (χ3v) is 3.48. The Morgan fingerprint density at radius 2 is 2.33 bits per heavy atom. The van der Waals surface area contributed by atoms with Crippen LogP contribution in [0.3, 0.4) is 0 Å². The minimum Gasteiger partial charge on any atom is -0.399 e. The van der Waals surface area contributed by atoms with Crippen molar-refractivity contribution < 1.29 is 0 Å². The molecule has 82 valence electrons. The molecule has 1 aliphatic rings. The maximum Gasteiger partial charge on any atom is 0.0660 e. The van der Waals surface area contributed by atoms with Crippen LogP contribution in [0.5, 0.6) is 0 Å². The van der Waals surface area contributed by atoms with Gasteiger partial charge in [-0.1, -0.05) is 24.9 Å². The van der Waals surface area contributed by atoms with Gasteiger partial charge in [0.05, 0.1) is 10.7 Å². The molecule has 0 amide bonds. The highest BCUT2D eigenvalue weighted by Gasteiger charge is 2.22. The van der Waals surface area contributed by atoms with E-state index in [-0.39, 0.29) is 0 Å². The Morgan fingerprint density at radius 3 is 2.93 bits per heavy atom. The summed E-state index contributed by atoms with van der Waals surface area (Å²) < 4.78 is 0. The van der Waals surface area contributed by atoms with Crippen LogP contribution in [0.15, 0.2) is 18.2 Å². The Hall–Kier alpha value is -0.890. The van der Waals surface area contributed by atoms with Crippen LogP contribution in [0, 0.1) is 5.92 Å². The summed E-state index contributed by atoms with van der Waals surface area (Å²) in [6.45, 7) is 4.49. The largest absolute Gasteiger partial charge is 0.399 e. The molecule has 1 aromatic carbocycles. The highest BCUT2D eigenvalue weighted by atomic mass is 35.5. The lowest BCUT2D eigenvalue weighted by Gasteiger charge is -2.20. The fraction of sp³-hybridized carbons (Fsp3) is 0.500. The number of nitrogens with two attached hydrogens (primary N) is 1. The molecule has 15 heavy (non-hydrogen) atoms. The van der Waals surface area contributed by atoms with E-state index in [0.29, 0.717) is 0 Å². The summed E-state index contributed by atoms with van der Waals surface area (Å²) in [7, 11) is 0. The van der Waals surface area contributed by atoms with Gasteiger partial charge in [0, 0.05) is 18.8 Å². The predicted octanol–water partition coefficient (Wildman–Crippen LogP) is 3.16. The van der Waals surface area contributed by atoms with Gasteiger partial charge in [-0.3, -0.25) is 0 Å². The van der Waals surface area contributed by atoms with Gasteiger partial charge in [-0.2, -0.15) is 0 Å². The molecule has 0 radical (unpaired) electrons. The number of halogens is 1. The summed E-state index contributed by atoms with van der Waals surface area (Å²) in [6.07, 6.45) is 2.53. The van der Waals surface area contributed by atoms with Crippen LogP contribution in [-0.2, 0) is 0 Å². The lowest BCUT2D eigenvalue weighted by atomic mass is 10.1. The van der Waals surface area contributed by atoms with Gasteiger partial charge in [-0.25, -0.2) is 0 Å². The molecule has 3 heteroatoms. The molecular weight excluding hydrogens is 208 g/mol. The number of anilines is 2. The Labute approximate surface area is 96.0 Å². The van der Waals surface area contributed by atoms with Gasteiger partial charge in [-0.15, -0.1) is 0 Å². The SMILES string of the molecule is CCC1CCN(c2ccc(N)cc2Cl)C1. The van der Waals surface area contributed by atoms with E-state index in [9.17, 15) is 0 Å². The Kier molecular flexibility index (Phi) is 3.06. The lowest BCUT2D eigenvalue weighted by Crippen LogP contribution is -2.19. The quantitative estimate of drug-likeness (QED) is 0.782. The van der Waals surface area contributed by atoms with Crippen molar-refractivity contribution in [3.63, 3.8) is 0 Å². The fourth-order valence-corrected chi connectivity index (χ4v) is 2.47. The Balaban J connectivity index is 2.17. The van der Waals surface area contributed by atoms with E-state index < -0.39 is 0 Å². The van der Waals surface area contributed by atoms with E-state index in [0.717, 1.165) is 35.4 Å². The van der Waals surface area contributed by atoms with Gasteiger partial charge in [0.2, 0.25) is 0 Å². The first-order chi connectivity index (χ1) is 7.20. The minimum atomic E-state index is 0.731. The second-order valence-electron chi connectivity index (χ2n) is 4.22. The maximum absolute atomic E-state index is 6.18. The first-order valence-electron chi connectivity index (χ1n) is 5.50. The Morgan fingerprint density at radius 1 is 1.53 bits per heavy atom. The highest BCUT2D eigenvalue weighted by molar-refractivity contribution is 6.33. The van der Waals surface area contributed by atoms with Crippen molar-refractivity contribution in [1.82, 2.24) is 0 Å². The van der Waals surface area contributed by atoms with Crippen molar-refractivity contribution in [1.29, 1.82) is 0 Å². The Bertz CT molecular complexity index is 351. The summed E-state index contributed by atoms with van der Waals surface area (Å²) >= 11 is 6.18. The third kappa shape index (κ3) is 2.20. The molecule has 0 aliphatic carbocycles. The van der Waals surface area contributed by atoms with Gasteiger partial charge in [0.1, 0.15) is 0 Å². The average molecular weight is 225 g/mol. The lowest BCUT2D eigenvalue weighted by molar-refractivity contribution is 0.569. The standard InChI is InChI=1S/C12H17ClN2/c1-2-9-5-6-15(8-9)12-4-3-10(14)7-11(12)13/h3-4,7,9H,2,5-6,8,14H2,1H3. The van der Waals surface area contributed by atoms with Crippen LogP contribution in [-0.4, -0.2) is 13.1 Å². The van der Waals surface area contributed by atoms with Crippen molar-refractivity contribution >= 4 is 23.0 Å². The van der Waals surface area contributed by atoms with Crippen molar-refractivity contribution in [3.05, 3.63) is 23.2 Å². The number of rotatable bonds is 2. The number of nitrogens with zero attached hydrogens (tertiary/aromatic N) is 1. The molecule has 2 rings (SSSR count). The second kappa shape index (κ2) is 4.31. The van der Waals surface area contributed by atoms with Gasteiger partial charge in [0.25, 0.3) is 0 Å². The normalized spacial score (nSPS) is 20.9. The zero-order chi connectivity index (χ0) is 10.8. The molecular formula is C12H17ClN2. The van der Waals surface area contributed by atoms with Gasteiger partial charge in [-0.05, 0) is 30.5 Å². The first kappa shape index (κ1) is 10.6. The topological polar surface area (TPSA) is 29.3 Å². The molecule has 0 aromatic heterocycles. The molecule has 1 saturated heterocycles. The van der Waals surface area contributed by atoms with E-state index in [1.807, 2.05) is 18.2 Å². The summed E-state index contributed by atoms with van der Waals surface area (Å²) in [5.74, 6) is 0.818. The molecule has 1 atom stereocenters. The molecule has 0 bridgehead atoms. The van der Waals surface area contributed by atoms with Crippen LogP contribution in [0.1, 0.15) is 19.8 Å². The predicted molar refractivity (Wildman–Crippen MR) is 66.5 cm³/mol. The van der Waals surface area contributed by atoms with E-state index in [1.54, 1.807) is 0 Å². The molecule has 2 nitrogen and oxygen atoms in total. The summed E-state index contributed by atoms with van der Waals surface area (Å²) in [6, 6.07) is 5.77. The molecule has 1 fully saturated rings. The minimum absolute atomic E-state index is 0.731. The summed E-state index contributed by atoms with van der Waals surface area (Å²) in [5, 5.41) is 0.770. The van der Waals surface area contributed by atoms with E-state index in [2.05, 4.69) is 11.8 Å². The number of benzene rings is 1. The molecule has 2 N–H and O–H groups in total. The zero-order valence-corrected chi connectivity index (χ0v) is 9.80. The molecule has 0 spiro atoms. The number of hydrogen-bond donors (Lipinski definition) is 1. The summed E-state index contributed by atoms with van der Waals surface area (Å²) in [5.41, 5.74) is 7.53. The summed E-state index contributed by atoms with van der Waals surface area (Å²) in [4.78, 5) is 2.36. The maximum atomic E-state index is 6.18. The van der Waals surface area contributed by atoms with Gasteiger partial charge >= 0.3 is 0 Å². The van der Waals surface area contributed by atoms with Crippen LogP contribution >= 0.6 is 11.6 Å². The molecule has 1 aromatic rings.